The van der Waals surface area contributed by atoms with E-state index in [9.17, 15) is 43.2 Å². The first-order chi connectivity index (χ1) is 51.7. The minimum absolute atomic E-state index is 0.106. The van der Waals surface area contributed by atoms with Gasteiger partial charge in [0.25, 0.3) is 0 Å². The quantitative estimate of drug-likeness (QED) is 0.0222. The molecule has 636 valence electrons. The fraction of sp³-hybridized carbons (Fsp3) is 0.955. The molecule has 0 saturated heterocycles. The maximum atomic E-state index is 13.2. The molecule has 0 rings (SSSR count). The van der Waals surface area contributed by atoms with Crippen LogP contribution in [0.5, 0.6) is 0 Å². The van der Waals surface area contributed by atoms with E-state index in [1.165, 1.54) is 276 Å². The molecule has 0 bridgehead atoms. The largest absolute Gasteiger partial charge is 0.472 e. The average Bonchev–Trinajstić information content (AvgIpc) is 0.946. The summed E-state index contributed by atoms with van der Waals surface area (Å²) in [5.41, 5.74) is 0. The summed E-state index contributed by atoms with van der Waals surface area (Å²) in [5.74, 6) is 0.212. The molecule has 0 heterocycles. The summed E-state index contributed by atoms with van der Waals surface area (Å²) in [6.45, 7) is 12.0. The molecule has 0 aliphatic carbocycles. The Bertz CT molecular complexity index is 2060. The van der Waals surface area contributed by atoms with Gasteiger partial charge in [-0.1, -0.05) is 414 Å². The van der Waals surface area contributed by atoms with Crippen LogP contribution in [0.15, 0.2) is 0 Å². The fourth-order valence-corrected chi connectivity index (χ4v) is 15.3. The van der Waals surface area contributed by atoms with Crippen LogP contribution in [0.25, 0.3) is 0 Å². The molecule has 0 radical (unpaired) electrons. The highest BCUT2D eigenvalue weighted by atomic mass is 31.2. The summed E-state index contributed by atoms with van der Waals surface area (Å²) in [7, 11) is -9.93. The number of phosphoric acid groups is 2. The highest BCUT2D eigenvalue weighted by Crippen LogP contribution is 2.45. The van der Waals surface area contributed by atoms with E-state index in [0.29, 0.717) is 25.7 Å². The normalized spacial score (nSPS) is 13.8. The van der Waals surface area contributed by atoms with Crippen LogP contribution < -0.4 is 0 Å². The summed E-state index contributed by atoms with van der Waals surface area (Å²) in [5, 5.41) is 10.7. The smallest absolute Gasteiger partial charge is 0.462 e. The van der Waals surface area contributed by atoms with Crippen LogP contribution in [0.1, 0.15) is 466 Å². The third-order valence-electron chi connectivity index (χ3n) is 20.6. The Morgan fingerprint density at radius 1 is 0.252 bits per heavy atom. The van der Waals surface area contributed by atoms with Gasteiger partial charge in [0.15, 0.2) is 12.2 Å². The van der Waals surface area contributed by atoms with Crippen molar-refractivity contribution in [3.8, 4) is 0 Å². The number of carbonyl (C=O) groups excluding carboxylic acids is 4. The lowest BCUT2D eigenvalue weighted by molar-refractivity contribution is -0.161. The van der Waals surface area contributed by atoms with Gasteiger partial charge in [0.2, 0.25) is 0 Å². The minimum Gasteiger partial charge on any atom is -0.462 e. The maximum absolute atomic E-state index is 13.2. The van der Waals surface area contributed by atoms with Crippen molar-refractivity contribution in [3.63, 3.8) is 0 Å². The van der Waals surface area contributed by atoms with Gasteiger partial charge in [0.1, 0.15) is 19.3 Å². The molecule has 0 amide bonds. The number of unbranched alkanes of at least 4 members (excludes halogenated alkanes) is 54. The third-order valence-corrected chi connectivity index (χ3v) is 22.5. The first-order valence-electron chi connectivity index (χ1n) is 45.3. The average molecular weight is 1560 g/mol. The van der Waals surface area contributed by atoms with Crippen LogP contribution in [0, 0.1) is 17.8 Å². The van der Waals surface area contributed by atoms with Crippen molar-refractivity contribution in [2.24, 2.45) is 17.8 Å². The second-order valence-electron chi connectivity index (χ2n) is 33.1. The Morgan fingerprint density at radius 3 is 0.636 bits per heavy atom. The van der Waals surface area contributed by atoms with E-state index in [0.717, 1.165) is 108 Å². The number of ether oxygens (including phenoxy) is 4. The second kappa shape index (κ2) is 78.0. The Balaban J connectivity index is 5.23. The van der Waals surface area contributed by atoms with Gasteiger partial charge in [-0.2, -0.15) is 0 Å². The number of aliphatic hydroxyl groups is 1. The van der Waals surface area contributed by atoms with E-state index in [1.807, 2.05) is 0 Å². The van der Waals surface area contributed by atoms with Gasteiger partial charge in [-0.05, 0) is 43.4 Å². The molecule has 17 nitrogen and oxygen atoms in total. The Morgan fingerprint density at radius 2 is 0.430 bits per heavy atom. The number of aliphatic hydroxyl groups excluding tert-OH is 1. The van der Waals surface area contributed by atoms with Gasteiger partial charge in [-0.25, -0.2) is 9.13 Å². The predicted octanol–water partition coefficient (Wildman–Crippen LogP) is 26.9. The molecule has 2 unspecified atom stereocenters. The molecule has 0 aromatic heterocycles. The van der Waals surface area contributed by atoms with E-state index >= 15 is 0 Å². The van der Waals surface area contributed by atoms with Gasteiger partial charge in [0.05, 0.1) is 26.4 Å². The van der Waals surface area contributed by atoms with Crippen molar-refractivity contribution in [2.45, 2.75) is 484 Å². The van der Waals surface area contributed by atoms with Crippen molar-refractivity contribution in [1.29, 1.82) is 0 Å². The maximum Gasteiger partial charge on any atom is 0.472 e. The molecule has 0 aliphatic heterocycles. The molecule has 0 saturated carbocycles. The summed E-state index contributed by atoms with van der Waals surface area (Å²) in [6.07, 6.45) is 69.6. The SMILES string of the molecule is CCCCCCCCCCCCCCCCCCCCCCCC(=O)OC[C@H](COP(=O)(O)OC[C@@H](O)COP(=O)(O)OC[C@@H](COC(=O)CCCCCCCCCCCC(C)C)OC(=O)CCCCCCCCCCCCC(C)C)OC(=O)CCCCCCCCCCCCCCCCCCCCC(C)C. The summed E-state index contributed by atoms with van der Waals surface area (Å²) in [6, 6.07) is 0. The van der Waals surface area contributed by atoms with Crippen LogP contribution >= 0.6 is 15.6 Å². The molecule has 0 aliphatic rings. The van der Waals surface area contributed by atoms with Crippen LogP contribution in [-0.2, 0) is 65.4 Å². The van der Waals surface area contributed by atoms with Crippen LogP contribution in [0.4, 0.5) is 0 Å². The Labute approximate surface area is 658 Å². The van der Waals surface area contributed by atoms with Crippen molar-refractivity contribution >= 4 is 39.5 Å². The number of hydrogen-bond donors (Lipinski definition) is 3. The lowest BCUT2D eigenvalue weighted by Gasteiger charge is -2.21. The topological polar surface area (TPSA) is 237 Å². The molecule has 0 fully saturated rings. The van der Waals surface area contributed by atoms with Crippen LogP contribution in [-0.4, -0.2) is 96.7 Å². The van der Waals surface area contributed by atoms with Crippen molar-refractivity contribution in [2.75, 3.05) is 39.6 Å². The van der Waals surface area contributed by atoms with Gasteiger partial charge in [-0.15, -0.1) is 0 Å². The fourth-order valence-electron chi connectivity index (χ4n) is 13.7. The monoisotopic (exact) mass is 1560 g/mol. The zero-order chi connectivity index (χ0) is 78.6. The number of phosphoric ester groups is 2. The molecular formula is C88H172O17P2. The number of carbonyl (C=O) groups is 4. The summed E-state index contributed by atoms with van der Waals surface area (Å²) < 4.78 is 68.9. The van der Waals surface area contributed by atoms with E-state index in [1.54, 1.807) is 0 Å². The molecule has 0 spiro atoms. The molecular weight excluding hydrogens is 1390 g/mol. The summed E-state index contributed by atoms with van der Waals surface area (Å²) in [4.78, 5) is 73.3. The van der Waals surface area contributed by atoms with Gasteiger partial charge < -0.3 is 33.8 Å². The van der Waals surface area contributed by atoms with E-state index < -0.39 is 97.5 Å². The van der Waals surface area contributed by atoms with Gasteiger partial charge in [0, 0.05) is 25.7 Å². The molecule has 0 aromatic rings. The van der Waals surface area contributed by atoms with E-state index in [4.69, 9.17) is 37.0 Å². The van der Waals surface area contributed by atoms with Crippen LogP contribution in [0.3, 0.4) is 0 Å². The van der Waals surface area contributed by atoms with E-state index in [2.05, 4.69) is 48.5 Å². The highest BCUT2D eigenvalue weighted by Gasteiger charge is 2.31. The highest BCUT2D eigenvalue weighted by molar-refractivity contribution is 7.47. The lowest BCUT2D eigenvalue weighted by Crippen LogP contribution is -2.30. The standard InChI is InChI=1S/C88H172O17P2/c1-8-9-10-11-12-13-14-15-16-17-18-19-20-24-27-30-33-41-48-55-62-69-85(90)98-75-83(104-87(92)71-64-57-50-42-34-31-28-25-22-21-23-26-29-32-38-45-52-59-66-79(2)3)77-102-106(94,95)100-73-82(89)74-101-107(96,97)103-78-84(76-99-86(91)70-63-56-49-44-37-40-47-54-61-68-81(6)7)105-88(93)72-65-58-51-43-36-35-39-46-53-60-67-80(4)5/h79-84,89H,8-78H2,1-7H3,(H,94,95)(H,96,97)/t82-,83-,84-/m1/s1. The second-order valence-corrected chi connectivity index (χ2v) is 36.0. The Hall–Kier alpha value is -1.94. The number of hydrogen-bond acceptors (Lipinski definition) is 15. The number of esters is 4. The third kappa shape index (κ3) is 81.9. The molecule has 5 atom stereocenters. The number of rotatable bonds is 86. The molecule has 0 aromatic carbocycles. The van der Waals surface area contributed by atoms with Crippen molar-refractivity contribution < 1.29 is 80.2 Å². The van der Waals surface area contributed by atoms with Gasteiger partial charge in [-0.3, -0.25) is 37.3 Å². The molecule has 107 heavy (non-hydrogen) atoms. The lowest BCUT2D eigenvalue weighted by atomic mass is 10.0. The predicted molar refractivity (Wildman–Crippen MR) is 441 cm³/mol. The minimum atomic E-state index is -4.97. The molecule has 3 N–H and O–H groups in total. The zero-order valence-electron chi connectivity index (χ0n) is 70.6. The first kappa shape index (κ1) is 105. The summed E-state index contributed by atoms with van der Waals surface area (Å²) >= 11 is 0. The van der Waals surface area contributed by atoms with E-state index in [-0.39, 0.29) is 25.7 Å². The van der Waals surface area contributed by atoms with Crippen LogP contribution in [0.2, 0.25) is 0 Å². The van der Waals surface area contributed by atoms with Crippen molar-refractivity contribution in [3.05, 3.63) is 0 Å². The van der Waals surface area contributed by atoms with Crippen molar-refractivity contribution in [1.82, 2.24) is 0 Å². The molecule has 19 heteroatoms. The Kier molecular flexibility index (Phi) is 76.6. The zero-order valence-corrected chi connectivity index (χ0v) is 72.4. The van der Waals surface area contributed by atoms with Gasteiger partial charge >= 0.3 is 39.5 Å². The first-order valence-corrected chi connectivity index (χ1v) is 48.3.